The van der Waals surface area contributed by atoms with Gasteiger partial charge in [-0.05, 0) is 57.8 Å². The molecule has 2 atom stereocenters. The molecular weight excluding hydrogens is 450 g/mol. The predicted octanol–water partition coefficient (Wildman–Crippen LogP) is 2.68. The molecule has 2 unspecified atom stereocenters. The molecule has 0 spiro atoms. The van der Waals surface area contributed by atoms with Crippen molar-refractivity contribution in [2.45, 2.75) is 115 Å². The highest BCUT2D eigenvalue weighted by Crippen LogP contribution is 2.41. The summed E-state index contributed by atoms with van der Waals surface area (Å²) in [7, 11) is 0. The second kappa shape index (κ2) is 9.74. The Morgan fingerprint density at radius 1 is 0.971 bits per heavy atom. The maximum atomic E-state index is 13.7. The van der Waals surface area contributed by atoms with Crippen molar-refractivity contribution in [1.29, 1.82) is 0 Å². The average molecular weight is 488 g/mol. The van der Waals surface area contributed by atoms with Crippen LogP contribution in [0.25, 0.3) is 0 Å². The van der Waals surface area contributed by atoms with E-state index in [4.69, 9.17) is 4.74 Å². The number of carbonyl (C=O) groups excluding carboxylic acids is 5. The van der Waals surface area contributed by atoms with Crippen molar-refractivity contribution >= 4 is 29.5 Å². The first-order valence-corrected chi connectivity index (χ1v) is 12.8. The van der Waals surface area contributed by atoms with E-state index in [1.54, 1.807) is 18.0 Å². The van der Waals surface area contributed by atoms with Crippen LogP contribution in [0.5, 0.6) is 0 Å². The molecule has 0 radical (unpaired) electrons. The molecular formula is C26H37N3O6. The molecule has 9 heteroatoms. The number of amides is 3. The zero-order valence-electron chi connectivity index (χ0n) is 19.8. The molecule has 5 rings (SSSR count). The Morgan fingerprint density at radius 3 is 2.29 bits per heavy atom. The summed E-state index contributed by atoms with van der Waals surface area (Å²) in [4.78, 5) is 70.4. The number of rotatable bonds is 5. The molecule has 192 valence electrons. The van der Waals surface area contributed by atoms with Crippen LogP contribution >= 0.6 is 0 Å². The fraction of sp³-hybridized carbons (Fsp3) is 0.731. The van der Waals surface area contributed by atoms with E-state index in [2.05, 4.69) is 0 Å². The summed E-state index contributed by atoms with van der Waals surface area (Å²) in [5, 5.41) is 0. The van der Waals surface area contributed by atoms with Crippen LogP contribution in [0, 0.1) is 0 Å². The molecule has 2 aliphatic carbocycles. The van der Waals surface area contributed by atoms with E-state index in [1.807, 2.05) is 0 Å². The molecule has 9 nitrogen and oxygen atoms in total. The van der Waals surface area contributed by atoms with Gasteiger partial charge in [-0.2, -0.15) is 0 Å². The monoisotopic (exact) mass is 487 g/mol. The highest BCUT2D eigenvalue weighted by Gasteiger charge is 2.56. The third-order valence-electron chi connectivity index (χ3n) is 8.25. The number of esters is 1. The van der Waals surface area contributed by atoms with Crippen molar-refractivity contribution in [2.24, 2.45) is 0 Å². The van der Waals surface area contributed by atoms with E-state index >= 15 is 0 Å². The minimum absolute atomic E-state index is 0. The first-order valence-electron chi connectivity index (χ1n) is 12.8. The fourth-order valence-corrected chi connectivity index (χ4v) is 6.47. The molecule has 3 aliphatic heterocycles. The van der Waals surface area contributed by atoms with E-state index in [9.17, 15) is 24.0 Å². The molecule has 4 fully saturated rings. The number of piperazine rings is 1. The second-order valence-corrected chi connectivity index (χ2v) is 10.3. The number of nitrogens with zero attached hydrogens (tertiary/aromatic N) is 3. The Hall–Kier alpha value is -2.71. The van der Waals surface area contributed by atoms with Crippen molar-refractivity contribution in [3.8, 4) is 0 Å². The lowest BCUT2D eigenvalue weighted by atomic mass is 9.85. The molecule has 5 aliphatic rings. The van der Waals surface area contributed by atoms with Crippen molar-refractivity contribution in [3.63, 3.8) is 0 Å². The lowest BCUT2D eigenvalue weighted by molar-refractivity contribution is -0.175. The van der Waals surface area contributed by atoms with Gasteiger partial charge in [0.15, 0.2) is 5.60 Å². The van der Waals surface area contributed by atoms with E-state index in [0.717, 1.165) is 32.1 Å². The average Bonchev–Trinajstić information content (AvgIpc) is 3.54. The summed E-state index contributed by atoms with van der Waals surface area (Å²) in [6.45, 7) is 1.65. The zero-order chi connectivity index (χ0) is 24.0. The molecule has 0 N–H and O–H groups in total. The first-order chi connectivity index (χ1) is 16.4. The molecule has 3 amide bonds. The van der Waals surface area contributed by atoms with Gasteiger partial charge < -0.3 is 19.4 Å². The minimum Gasteiger partial charge on any atom is -0.450 e. The van der Waals surface area contributed by atoms with Gasteiger partial charge in [0.05, 0.1) is 11.7 Å². The lowest BCUT2D eigenvalue weighted by Gasteiger charge is -2.52. The first kappa shape index (κ1) is 25.4. The van der Waals surface area contributed by atoms with Gasteiger partial charge in [0, 0.05) is 18.7 Å². The Bertz CT molecular complexity index is 947. The van der Waals surface area contributed by atoms with Gasteiger partial charge in [-0.3, -0.25) is 24.0 Å². The van der Waals surface area contributed by atoms with Gasteiger partial charge in [0.2, 0.25) is 11.8 Å². The normalized spacial score (nSPS) is 27.8. The van der Waals surface area contributed by atoms with Crippen LogP contribution in [0.2, 0.25) is 0 Å². The van der Waals surface area contributed by atoms with Crippen LogP contribution in [0.15, 0.2) is 11.9 Å². The van der Waals surface area contributed by atoms with Crippen LogP contribution in [0.3, 0.4) is 0 Å². The Kier molecular flexibility index (Phi) is 7.06. The number of hydrogen-bond donors (Lipinski definition) is 0. The lowest BCUT2D eigenvalue weighted by Crippen LogP contribution is -2.68. The third-order valence-corrected chi connectivity index (χ3v) is 8.25. The zero-order valence-corrected chi connectivity index (χ0v) is 19.8. The number of ketones is 1. The topological polar surface area (TPSA) is 104 Å². The van der Waals surface area contributed by atoms with Gasteiger partial charge in [0.25, 0.3) is 11.7 Å². The van der Waals surface area contributed by atoms with Crippen LogP contribution in [-0.4, -0.2) is 74.4 Å². The second-order valence-electron chi connectivity index (χ2n) is 10.3. The molecule has 35 heavy (non-hydrogen) atoms. The maximum absolute atomic E-state index is 13.7. The molecule has 2 saturated heterocycles. The fourth-order valence-electron chi connectivity index (χ4n) is 6.47. The summed E-state index contributed by atoms with van der Waals surface area (Å²) in [5.74, 6) is -2.34. The quantitative estimate of drug-likeness (QED) is 0.436. The summed E-state index contributed by atoms with van der Waals surface area (Å²) in [5.41, 5.74) is -0.787. The molecule has 0 aromatic heterocycles. The smallest absolute Gasteiger partial charge is 0.306 e. The summed E-state index contributed by atoms with van der Waals surface area (Å²) >= 11 is 0. The highest BCUT2D eigenvalue weighted by molar-refractivity contribution is 6.40. The highest BCUT2D eigenvalue weighted by atomic mass is 16.6. The number of Topliss-reactive ketones (excluding diaryl/α,β-unsaturated/α-hetero) is 1. The predicted molar refractivity (Wildman–Crippen MR) is 126 cm³/mol. The van der Waals surface area contributed by atoms with Gasteiger partial charge in [-0.15, -0.1) is 0 Å². The molecule has 3 heterocycles. The van der Waals surface area contributed by atoms with Crippen molar-refractivity contribution in [3.05, 3.63) is 11.9 Å². The number of piperidine rings is 1. The van der Waals surface area contributed by atoms with Gasteiger partial charge in [-0.1, -0.05) is 27.2 Å². The molecule has 2 bridgehead atoms. The van der Waals surface area contributed by atoms with Crippen molar-refractivity contribution < 1.29 is 28.7 Å². The largest absolute Gasteiger partial charge is 0.450 e. The summed E-state index contributed by atoms with van der Waals surface area (Å²) < 4.78 is 5.58. The summed E-state index contributed by atoms with van der Waals surface area (Å²) in [6.07, 6.45) is 9.83. The van der Waals surface area contributed by atoms with Crippen LogP contribution in [-0.2, 0) is 28.7 Å². The standard InChI is InChI=1S/C25H33N3O6.CH4/c1-2-21(30)34-25(12-5-6-13-25)22(31)24(33)28-17-10-7-11-18(28)23(32)27-15-20(29)26(14-19(17)27)16-8-3-4-9-16;/h14,16-18H,2-13,15H2,1H3;1H4. The van der Waals surface area contributed by atoms with Crippen LogP contribution in [0.1, 0.15) is 91.4 Å². The number of fused-ring (bicyclic) bond motifs is 4. The van der Waals surface area contributed by atoms with Crippen molar-refractivity contribution in [1.82, 2.24) is 14.7 Å². The number of hydrogen-bond acceptors (Lipinski definition) is 6. The van der Waals surface area contributed by atoms with E-state index in [0.29, 0.717) is 44.2 Å². The summed E-state index contributed by atoms with van der Waals surface area (Å²) in [6, 6.07) is -1.08. The van der Waals surface area contributed by atoms with Crippen LogP contribution in [0.4, 0.5) is 0 Å². The van der Waals surface area contributed by atoms with E-state index in [-0.39, 0.29) is 38.2 Å². The van der Waals surface area contributed by atoms with Crippen molar-refractivity contribution in [2.75, 3.05) is 6.54 Å². The maximum Gasteiger partial charge on any atom is 0.306 e. The molecule has 0 aromatic carbocycles. The van der Waals surface area contributed by atoms with Crippen LogP contribution < -0.4 is 0 Å². The van der Waals surface area contributed by atoms with Gasteiger partial charge in [-0.25, -0.2) is 0 Å². The molecule has 2 saturated carbocycles. The minimum atomic E-state index is -1.43. The Morgan fingerprint density at radius 2 is 1.63 bits per heavy atom. The number of ether oxygens (including phenoxy) is 1. The number of carbonyl (C=O) groups is 5. The SMILES string of the molecule is C.CCC(=O)OC1(C(=O)C(=O)N2C3CCCC2C2=CN(C4CCCC4)C(=O)CN2C3=O)CCCC1. The Labute approximate surface area is 206 Å². The van der Waals surface area contributed by atoms with Gasteiger partial charge in [0.1, 0.15) is 12.6 Å². The van der Waals surface area contributed by atoms with E-state index in [1.165, 1.54) is 9.80 Å². The van der Waals surface area contributed by atoms with E-state index < -0.39 is 35.3 Å². The van der Waals surface area contributed by atoms with Gasteiger partial charge >= 0.3 is 5.97 Å². The Balaban J connectivity index is 0.00000289. The third kappa shape index (κ3) is 4.16. The molecule has 0 aromatic rings.